The maximum absolute atomic E-state index is 5.40. The zero-order valence-electron chi connectivity index (χ0n) is 7.09. The first-order valence-corrected chi connectivity index (χ1v) is 3.70. The summed E-state index contributed by atoms with van der Waals surface area (Å²) in [6, 6.07) is 0. The van der Waals surface area contributed by atoms with Crippen LogP contribution in [-0.2, 0) is 9.47 Å². The molecule has 68 valence electrons. The lowest BCUT2D eigenvalue weighted by Gasteiger charge is -2.30. The van der Waals surface area contributed by atoms with Crippen molar-refractivity contribution in [3.63, 3.8) is 0 Å². The molecule has 0 aromatic rings. The third kappa shape index (κ3) is 3.13. The largest absolute Gasteiger partial charge is 0.336 e. The maximum atomic E-state index is 5.40. The highest BCUT2D eigenvalue weighted by Crippen LogP contribution is 2.05. The number of hydrogen-bond acceptors (Lipinski definition) is 5. The van der Waals surface area contributed by atoms with Gasteiger partial charge in [0.15, 0.2) is 0 Å². The molecular formula is C6H17N3O2. The van der Waals surface area contributed by atoms with Crippen LogP contribution in [0.1, 0.15) is 13.8 Å². The lowest BCUT2D eigenvalue weighted by Crippen LogP contribution is -2.58. The molecule has 0 heterocycles. The number of rotatable bonds is 6. The van der Waals surface area contributed by atoms with Gasteiger partial charge in [-0.15, -0.1) is 0 Å². The van der Waals surface area contributed by atoms with Gasteiger partial charge in [0.2, 0.25) is 0 Å². The Bertz CT molecular complexity index is 87.8. The van der Waals surface area contributed by atoms with Crippen LogP contribution in [0.15, 0.2) is 0 Å². The monoisotopic (exact) mass is 163 g/mol. The van der Waals surface area contributed by atoms with Crippen LogP contribution in [0, 0.1) is 0 Å². The van der Waals surface area contributed by atoms with E-state index in [2.05, 4.69) is 5.43 Å². The van der Waals surface area contributed by atoms with Crippen LogP contribution in [0.2, 0.25) is 0 Å². The van der Waals surface area contributed by atoms with E-state index in [1.54, 1.807) is 0 Å². The van der Waals surface area contributed by atoms with Crippen LogP contribution >= 0.6 is 0 Å². The van der Waals surface area contributed by atoms with Crippen molar-refractivity contribution in [2.75, 3.05) is 19.8 Å². The molecule has 0 rings (SSSR count). The van der Waals surface area contributed by atoms with Crippen molar-refractivity contribution >= 4 is 0 Å². The van der Waals surface area contributed by atoms with E-state index in [-0.39, 0.29) is 6.54 Å². The Morgan fingerprint density at radius 2 is 1.73 bits per heavy atom. The molecule has 0 aromatic heterocycles. The lowest BCUT2D eigenvalue weighted by atomic mass is 10.5. The van der Waals surface area contributed by atoms with E-state index in [0.717, 1.165) is 0 Å². The van der Waals surface area contributed by atoms with Crippen molar-refractivity contribution in [2.45, 2.75) is 19.8 Å². The molecule has 0 unspecified atom stereocenters. The Balaban J connectivity index is 3.96. The molecule has 0 bridgehead atoms. The molecule has 5 heteroatoms. The summed E-state index contributed by atoms with van der Waals surface area (Å²) in [5.41, 5.74) is 7.80. The lowest BCUT2D eigenvalue weighted by molar-refractivity contribution is -0.246. The zero-order chi connectivity index (χ0) is 8.74. The first-order valence-electron chi connectivity index (χ1n) is 3.70. The quantitative estimate of drug-likeness (QED) is 0.269. The van der Waals surface area contributed by atoms with E-state index in [4.69, 9.17) is 21.1 Å². The predicted molar refractivity (Wildman–Crippen MR) is 42.4 cm³/mol. The van der Waals surface area contributed by atoms with Gasteiger partial charge in [-0.25, -0.2) is 5.43 Å². The van der Waals surface area contributed by atoms with Crippen LogP contribution in [0.5, 0.6) is 0 Å². The Labute approximate surface area is 67.0 Å². The van der Waals surface area contributed by atoms with Crippen molar-refractivity contribution in [1.82, 2.24) is 5.43 Å². The van der Waals surface area contributed by atoms with Crippen molar-refractivity contribution in [3.05, 3.63) is 0 Å². The van der Waals surface area contributed by atoms with Gasteiger partial charge >= 0.3 is 0 Å². The Morgan fingerprint density at radius 3 is 1.91 bits per heavy atom. The van der Waals surface area contributed by atoms with E-state index in [1.165, 1.54) is 0 Å². The molecule has 0 fully saturated rings. The van der Waals surface area contributed by atoms with Crippen LogP contribution in [0.3, 0.4) is 0 Å². The molecule has 5 nitrogen and oxygen atoms in total. The highest BCUT2D eigenvalue weighted by Gasteiger charge is 2.27. The van der Waals surface area contributed by atoms with Gasteiger partial charge in [-0.1, -0.05) is 0 Å². The summed E-state index contributed by atoms with van der Waals surface area (Å²) in [4.78, 5) is 0. The van der Waals surface area contributed by atoms with Gasteiger partial charge in [-0.2, -0.15) is 0 Å². The van der Waals surface area contributed by atoms with Gasteiger partial charge in [0, 0.05) is 13.2 Å². The summed E-state index contributed by atoms with van der Waals surface area (Å²) in [5, 5.41) is 0. The van der Waals surface area contributed by atoms with Gasteiger partial charge < -0.3 is 15.2 Å². The third-order valence-corrected chi connectivity index (χ3v) is 1.24. The molecule has 0 saturated heterocycles. The number of hydrogen-bond donors (Lipinski definition) is 3. The molecule has 0 saturated carbocycles. The zero-order valence-corrected chi connectivity index (χ0v) is 7.09. The van der Waals surface area contributed by atoms with Crippen LogP contribution in [-0.4, -0.2) is 25.7 Å². The normalized spacial score (nSPS) is 12.0. The van der Waals surface area contributed by atoms with Gasteiger partial charge in [-0.05, 0) is 13.8 Å². The van der Waals surface area contributed by atoms with Crippen LogP contribution < -0.4 is 17.0 Å². The number of nitrogens with one attached hydrogen (secondary N) is 1. The number of hydrazine groups is 1. The summed E-state index contributed by atoms with van der Waals surface area (Å²) in [7, 11) is 0. The van der Waals surface area contributed by atoms with E-state index < -0.39 is 5.91 Å². The summed E-state index contributed by atoms with van der Waals surface area (Å²) >= 11 is 0. The molecule has 0 aromatic carbocycles. The van der Waals surface area contributed by atoms with Gasteiger partial charge in [0.25, 0.3) is 5.91 Å². The second-order valence-corrected chi connectivity index (χ2v) is 1.97. The molecule has 0 spiro atoms. The van der Waals surface area contributed by atoms with Crippen molar-refractivity contribution in [3.8, 4) is 0 Å². The first kappa shape index (κ1) is 10.8. The van der Waals surface area contributed by atoms with Gasteiger partial charge in [-0.3, -0.25) is 5.84 Å². The summed E-state index contributed by atoms with van der Waals surface area (Å²) < 4.78 is 10.4. The standard InChI is InChI=1S/C6H17N3O2/c1-3-10-6(5-7,9-8)11-4-2/h9H,3-5,7-8H2,1-2H3. The molecule has 0 aliphatic heterocycles. The molecule has 0 atom stereocenters. The van der Waals surface area contributed by atoms with Crippen molar-refractivity contribution in [1.29, 1.82) is 0 Å². The number of ether oxygens (including phenoxy) is 2. The molecule has 0 amide bonds. The molecule has 5 N–H and O–H groups in total. The highest BCUT2D eigenvalue weighted by atomic mass is 16.7. The Kier molecular flexibility index (Phi) is 5.35. The Morgan fingerprint density at radius 1 is 1.27 bits per heavy atom. The second kappa shape index (κ2) is 5.45. The molecule has 11 heavy (non-hydrogen) atoms. The molecular weight excluding hydrogens is 146 g/mol. The fraction of sp³-hybridized carbons (Fsp3) is 1.00. The van der Waals surface area contributed by atoms with Crippen molar-refractivity contribution < 1.29 is 9.47 Å². The molecule has 0 radical (unpaired) electrons. The number of nitrogens with two attached hydrogens (primary N) is 2. The fourth-order valence-corrected chi connectivity index (χ4v) is 0.768. The van der Waals surface area contributed by atoms with Gasteiger partial charge in [0.05, 0.1) is 6.54 Å². The maximum Gasteiger partial charge on any atom is 0.252 e. The average Bonchev–Trinajstić information content (AvgIpc) is 2.04. The minimum atomic E-state index is -1.01. The highest BCUT2D eigenvalue weighted by molar-refractivity contribution is 4.63. The topological polar surface area (TPSA) is 82.5 Å². The summed E-state index contributed by atoms with van der Waals surface area (Å²) in [5.74, 6) is 4.20. The average molecular weight is 163 g/mol. The van der Waals surface area contributed by atoms with E-state index in [9.17, 15) is 0 Å². The van der Waals surface area contributed by atoms with E-state index >= 15 is 0 Å². The first-order chi connectivity index (χ1) is 5.24. The molecule has 0 aliphatic rings. The Hall–Kier alpha value is -0.200. The minimum absolute atomic E-state index is 0.186. The van der Waals surface area contributed by atoms with E-state index in [0.29, 0.717) is 13.2 Å². The van der Waals surface area contributed by atoms with Crippen LogP contribution in [0.4, 0.5) is 0 Å². The molecule has 0 aliphatic carbocycles. The minimum Gasteiger partial charge on any atom is -0.336 e. The fourth-order valence-electron chi connectivity index (χ4n) is 0.768. The summed E-state index contributed by atoms with van der Waals surface area (Å²) in [6.07, 6.45) is 0. The SMILES string of the molecule is CCOC(CN)(NN)OCC. The predicted octanol–water partition coefficient (Wildman–Crippen LogP) is -0.865. The van der Waals surface area contributed by atoms with Gasteiger partial charge in [0.1, 0.15) is 0 Å². The smallest absolute Gasteiger partial charge is 0.252 e. The van der Waals surface area contributed by atoms with Crippen molar-refractivity contribution in [2.24, 2.45) is 11.6 Å². The third-order valence-electron chi connectivity index (χ3n) is 1.24. The summed E-state index contributed by atoms with van der Waals surface area (Å²) in [6.45, 7) is 4.88. The van der Waals surface area contributed by atoms with Crippen LogP contribution in [0.25, 0.3) is 0 Å². The van der Waals surface area contributed by atoms with E-state index in [1.807, 2.05) is 13.8 Å². The second-order valence-electron chi connectivity index (χ2n) is 1.97.